The summed E-state index contributed by atoms with van der Waals surface area (Å²) >= 11 is 0. The fourth-order valence-corrected chi connectivity index (χ4v) is 2.78. The van der Waals surface area contributed by atoms with Gasteiger partial charge in [0.05, 0.1) is 0 Å². The first-order chi connectivity index (χ1) is 6.75. The molecular formula is C10H12FNOS. The normalized spacial score (nSPS) is 27.5. The van der Waals surface area contributed by atoms with Crippen molar-refractivity contribution in [2.24, 2.45) is 0 Å². The van der Waals surface area contributed by atoms with Crippen LogP contribution in [0.5, 0.6) is 0 Å². The second-order valence-corrected chi connectivity index (χ2v) is 4.99. The molecule has 76 valence electrons. The highest BCUT2D eigenvalue weighted by molar-refractivity contribution is 7.85. The second kappa shape index (κ2) is 4.19. The third-order valence-corrected chi connectivity index (χ3v) is 3.71. The summed E-state index contributed by atoms with van der Waals surface area (Å²) in [6, 6.07) is 6.49. The number of hydrogen-bond donors (Lipinski definition) is 1. The molecule has 1 N–H and O–H groups in total. The largest absolute Gasteiger partial charge is 0.308 e. The molecule has 1 aromatic rings. The lowest BCUT2D eigenvalue weighted by molar-refractivity contribution is 0.569. The SMILES string of the molecule is O=S1CCNC(c2ccc(F)cc2)C1. The van der Waals surface area contributed by atoms with Gasteiger partial charge < -0.3 is 5.32 Å². The van der Waals surface area contributed by atoms with Crippen molar-refractivity contribution in [1.29, 1.82) is 0 Å². The molecular weight excluding hydrogens is 201 g/mol. The molecule has 0 radical (unpaired) electrons. The van der Waals surface area contributed by atoms with Crippen LogP contribution in [0.1, 0.15) is 11.6 Å². The van der Waals surface area contributed by atoms with Crippen molar-refractivity contribution in [3.05, 3.63) is 35.6 Å². The van der Waals surface area contributed by atoms with Crippen LogP contribution in [0.15, 0.2) is 24.3 Å². The molecule has 0 aliphatic carbocycles. The van der Waals surface area contributed by atoms with Crippen LogP contribution in [-0.4, -0.2) is 22.3 Å². The van der Waals surface area contributed by atoms with E-state index in [1.807, 2.05) is 0 Å². The van der Waals surface area contributed by atoms with Crippen LogP contribution in [0.4, 0.5) is 4.39 Å². The van der Waals surface area contributed by atoms with Crippen molar-refractivity contribution in [3.63, 3.8) is 0 Å². The lowest BCUT2D eigenvalue weighted by Gasteiger charge is -2.23. The van der Waals surface area contributed by atoms with Crippen LogP contribution in [-0.2, 0) is 10.8 Å². The Bertz CT molecular complexity index is 338. The van der Waals surface area contributed by atoms with Crippen molar-refractivity contribution in [2.45, 2.75) is 6.04 Å². The van der Waals surface area contributed by atoms with Crippen molar-refractivity contribution < 1.29 is 8.60 Å². The van der Waals surface area contributed by atoms with Gasteiger partial charge in [-0.15, -0.1) is 0 Å². The predicted octanol–water partition coefficient (Wildman–Crippen LogP) is 1.22. The van der Waals surface area contributed by atoms with E-state index in [9.17, 15) is 8.60 Å². The van der Waals surface area contributed by atoms with E-state index in [0.717, 1.165) is 17.9 Å². The standard InChI is InChI=1S/C10H12FNOS/c11-9-3-1-8(2-4-9)10-7-14(13)6-5-12-10/h1-4,10,12H,5-7H2. The maximum Gasteiger partial charge on any atom is 0.123 e. The summed E-state index contributed by atoms with van der Waals surface area (Å²) in [4.78, 5) is 0. The van der Waals surface area contributed by atoms with E-state index in [2.05, 4.69) is 5.32 Å². The maximum atomic E-state index is 12.7. The summed E-state index contributed by atoms with van der Waals surface area (Å²) in [5, 5.41) is 3.27. The zero-order valence-electron chi connectivity index (χ0n) is 7.70. The van der Waals surface area contributed by atoms with Gasteiger partial charge in [-0.2, -0.15) is 0 Å². The van der Waals surface area contributed by atoms with Crippen LogP contribution < -0.4 is 5.32 Å². The Morgan fingerprint density at radius 1 is 1.36 bits per heavy atom. The van der Waals surface area contributed by atoms with Crippen LogP contribution in [0.25, 0.3) is 0 Å². The zero-order valence-corrected chi connectivity index (χ0v) is 8.52. The van der Waals surface area contributed by atoms with E-state index in [1.54, 1.807) is 12.1 Å². The Morgan fingerprint density at radius 2 is 2.07 bits per heavy atom. The van der Waals surface area contributed by atoms with Crippen molar-refractivity contribution in [1.82, 2.24) is 5.32 Å². The first kappa shape index (κ1) is 9.80. The Morgan fingerprint density at radius 3 is 2.71 bits per heavy atom. The molecule has 2 atom stereocenters. The molecule has 0 saturated carbocycles. The first-order valence-corrected chi connectivity index (χ1v) is 6.08. The molecule has 2 nitrogen and oxygen atoms in total. The average Bonchev–Trinajstić information content (AvgIpc) is 2.19. The summed E-state index contributed by atoms with van der Waals surface area (Å²) in [7, 11) is -0.732. The van der Waals surface area contributed by atoms with E-state index in [-0.39, 0.29) is 11.9 Å². The van der Waals surface area contributed by atoms with Gasteiger partial charge in [0.25, 0.3) is 0 Å². The third kappa shape index (κ3) is 2.19. The Balaban J connectivity index is 2.14. The number of nitrogens with one attached hydrogen (secondary N) is 1. The summed E-state index contributed by atoms with van der Waals surface area (Å²) < 4.78 is 24.0. The molecule has 2 unspecified atom stereocenters. The van der Waals surface area contributed by atoms with Gasteiger partial charge in [-0.1, -0.05) is 12.1 Å². The summed E-state index contributed by atoms with van der Waals surface area (Å²) in [5.41, 5.74) is 1.01. The molecule has 1 aromatic carbocycles. The zero-order chi connectivity index (χ0) is 9.97. The predicted molar refractivity (Wildman–Crippen MR) is 55.0 cm³/mol. The summed E-state index contributed by atoms with van der Waals surface area (Å²) in [6.45, 7) is 0.772. The molecule has 2 rings (SSSR count). The molecule has 1 fully saturated rings. The molecule has 0 bridgehead atoms. The molecule has 0 aromatic heterocycles. The van der Waals surface area contributed by atoms with Gasteiger partial charge in [0.1, 0.15) is 5.82 Å². The minimum Gasteiger partial charge on any atom is -0.308 e. The summed E-state index contributed by atoms with van der Waals surface area (Å²) in [5.74, 6) is 1.12. The van der Waals surface area contributed by atoms with Crippen LogP contribution in [0, 0.1) is 5.82 Å². The van der Waals surface area contributed by atoms with Gasteiger partial charge in [0, 0.05) is 34.9 Å². The quantitative estimate of drug-likeness (QED) is 0.760. The molecule has 1 aliphatic rings. The van der Waals surface area contributed by atoms with Crippen LogP contribution in [0.3, 0.4) is 0 Å². The Labute approximate surface area is 85.0 Å². The van der Waals surface area contributed by atoms with E-state index in [4.69, 9.17) is 0 Å². The lowest BCUT2D eigenvalue weighted by Crippen LogP contribution is -2.36. The topological polar surface area (TPSA) is 29.1 Å². The van der Waals surface area contributed by atoms with Crippen molar-refractivity contribution in [3.8, 4) is 0 Å². The first-order valence-electron chi connectivity index (χ1n) is 4.59. The van der Waals surface area contributed by atoms with Crippen LogP contribution in [0.2, 0.25) is 0 Å². The van der Waals surface area contributed by atoms with Gasteiger partial charge in [0.15, 0.2) is 0 Å². The molecule has 14 heavy (non-hydrogen) atoms. The van der Waals surface area contributed by atoms with Gasteiger partial charge in [-0.3, -0.25) is 4.21 Å². The van der Waals surface area contributed by atoms with Gasteiger partial charge in [-0.05, 0) is 17.7 Å². The minimum atomic E-state index is -0.732. The number of hydrogen-bond acceptors (Lipinski definition) is 2. The monoisotopic (exact) mass is 213 g/mol. The van der Waals surface area contributed by atoms with E-state index in [1.165, 1.54) is 12.1 Å². The highest BCUT2D eigenvalue weighted by atomic mass is 32.2. The molecule has 0 amide bonds. The fraction of sp³-hybridized carbons (Fsp3) is 0.400. The fourth-order valence-electron chi connectivity index (χ4n) is 1.58. The highest BCUT2D eigenvalue weighted by Crippen LogP contribution is 2.17. The molecule has 1 saturated heterocycles. The maximum absolute atomic E-state index is 12.7. The highest BCUT2D eigenvalue weighted by Gasteiger charge is 2.18. The van der Waals surface area contributed by atoms with Gasteiger partial charge in [0.2, 0.25) is 0 Å². The molecule has 1 heterocycles. The van der Waals surface area contributed by atoms with Crippen molar-refractivity contribution in [2.75, 3.05) is 18.1 Å². The van der Waals surface area contributed by atoms with Gasteiger partial charge in [-0.25, -0.2) is 4.39 Å². The molecule has 0 spiro atoms. The molecule has 4 heteroatoms. The summed E-state index contributed by atoms with van der Waals surface area (Å²) in [6.07, 6.45) is 0. The lowest BCUT2D eigenvalue weighted by atomic mass is 10.1. The Hall–Kier alpha value is -0.740. The van der Waals surface area contributed by atoms with E-state index < -0.39 is 10.8 Å². The second-order valence-electron chi connectivity index (χ2n) is 3.37. The van der Waals surface area contributed by atoms with E-state index >= 15 is 0 Å². The minimum absolute atomic E-state index is 0.116. The third-order valence-electron chi connectivity index (χ3n) is 2.35. The molecule has 1 aliphatic heterocycles. The smallest absolute Gasteiger partial charge is 0.123 e. The number of halogens is 1. The average molecular weight is 213 g/mol. The van der Waals surface area contributed by atoms with Crippen molar-refractivity contribution >= 4 is 10.8 Å². The van der Waals surface area contributed by atoms with Crippen LogP contribution >= 0.6 is 0 Å². The number of rotatable bonds is 1. The Kier molecular flexibility index (Phi) is 2.93. The van der Waals surface area contributed by atoms with Gasteiger partial charge >= 0.3 is 0 Å². The number of benzene rings is 1. The van der Waals surface area contributed by atoms with E-state index in [0.29, 0.717) is 5.75 Å².